The van der Waals surface area contributed by atoms with Crippen LogP contribution in [0.4, 0.5) is 0 Å². The average Bonchev–Trinajstić information content (AvgIpc) is 1.65. The summed E-state index contributed by atoms with van der Waals surface area (Å²) in [5.74, 6) is 0. The lowest BCUT2D eigenvalue weighted by atomic mass is 10.5. The molecule has 0 spiro atoms. The van der Waals surface area contributed by atoms with Crippen LogP contribution in [0.1, 0.15) is 20.3 Å². The first-order valence-electron chi connectivity index (χ1n) is 2.65. The van der Waals surface area contributed by atoms with Crippen LogP contribution in [0.3, 0.4) is 0 Å². The van der Waals surface area contributed by atoms with Gasteiger partial charge >= 0.3 is 0 Å². The number of allylic oxidation sites excluding steroid dienone is 2. The number of hydrogen-bond acceptors (Lipinski definition) is 0. The zero-order chi connectivity index (χ0) is 7.86. The molecule has 0 aliphatic heterocycles. The SMILES string of the molecule is C=C(C)Cl.C=C(Cl)CC. The first-order chi connectivity index (χ1) is 4.00. The van der Waals surface area contributed by atoms with Crippen LogP contribution >= 0.6 is 23.2 Å². The van der Waals surface area contributed by atoms with Gasteiger partial charge in [0.15, 0.2) is 0 Å². The Morgan fingerprint density at radius 2 is 1.44 bits per heavy atom. The van der Waals surface area contributed by atoms with Crippen molar-refractivity contribution < 1.29 is 0 Å². The maximum absolute atomic E-state index is 5.27. The predicted octanol–water partition coefficient (Wildman–Crippen LogP) is 3.91. The summed E-state index contributed by atoms with van der Waals surface area (Å²) >= 11 is 10.3. The lowest BCUT2D eigenvalue weighted by Gasteiger charge is -1.76. The molecule has 0 nitrogen and oxygen atoms in total. The second-order valence-corrected chi connectivity index (χ2v) is 2.73. The molecule has 0 aromatic carbocycles. The molecule has 0 fully saturated rings. The summed E-state index contributed by atoms with van der Waals surface area (Å²) in [5.41, 5.74) is 0. The molecule has 0 aliphatic rings. The van der Waals surface area contributed by atoms with Crippen molar-refractivity contribution in [2.75, 3.05) is 0 Å². The molecule has 9 heavy (non-hydrogen) atoms. The van der Waals surface area contributed by atoms with Crippen LogP contribution in [0.2, 0.25) is 0 Å². The molecule has 0 radical (unpaired) electrons. The third-order valence-corrected chi connectivity index (χ3v) is 0.651. The van der Waals surface area contributed by atoms with Crippen LogP contribution in [0.15, 0.2) is 23.2 Å². The molecule has 0 aromatic heterocycles. The number of hydrogen-bond donors (Lipinski definition) is 0. The van der Waals surface area contributed by atoms with E-state index in [2.05, 4.69) is 13.2 Å². The smallest absolute Gasteiger partial charge is 0.0106 e. The van der Waals surface area contributed by atoms with E-state index in [-0.39, 0.29) is 0 Å². The predicted molar refractivity (Wildman–Crippen MR) is 46.0 cm³/mol. The Labute approximate surface area is 67.2 Å². The summed E-state index contributed by atoms with van der Waals surface area (Å²) in [6, 6.07) is 0. The molecule has 0 atom stereocenters. The van der Waals surface area contributed by atoms with Crippen LogP contribution < -0.4 is 0 Å². The van der Waals surface area contributed by atoms with Gasteiger partial charge in [0.2, 0.25) is 0 Å². The highest BCUT2D eigenvalue weighted by Crippen LogP contribution is 1.98. The molecule has 0 aliphatic carbocycles. The van der Waals surface area contributed by atoms with E-state index in [1.165, 1.54) is 0 Å². The normalized spacial score (nSPS) is 7.11. The second-order valence-electron chi connectivity index (χ2n) is 1.55. The Bertz CT molecular complexity index is 91.1. The van der Waals surface area contributed by atoms with Crippen molar-refractivity contribution in [3.05, 3.63) is 23.2 Å². The van der Waals surface area contributed by atoms with Gasteiger partial charge in [-0.3, -0.25) is 0 Å². The van der Waals surface area contributed by atoms with E-state index in [0.717, 1.165) is 11.5 Å². The van der Waals surface area contributed by atoms with E-state index in [4.69, 9.17) is 23.2 Å². The van der Waals surface area contributed by atoms with Gasteiger partial charge in [0, 0.05) is 10.1 Å². The van der Waals surface area contributed by atoms with Crippen molar-refractivity contribution in [2.45, 2.75) is 20.3 Å². The maximum Gasteiger partial charge on any atom is 0.0106 e. The van der Waals surface area contributed by atoms with Crippen LogP contribution in [0.25, 0.3) is 0 Å². The summed E-state index contributed by atoms with van der Waals surface area (Å²) in [4.78, 5) is 0. The molecule has 54 valence electrons. The van der Waals surface area contributed by atoms with E-state index in [0.29, 0.717) is 5.03 Å². The Kier molecular flexibility index (Phi) is 10.6. The molecule has 0 amide bonds. The van der Waals surface area contributed by atoms with Gasteiger partial charge in [0.25, 0.3) is 0 Å². The monoisotopic (exact) mass is 166 g/mol. The quantitative estimate of drug-likeness (QED) is 0.555. The summed E-state index contributed by atoms with van der Waals surface area (Å²) in [6.07, 6.45) is 0.877. The fourth-order valence-electron chi connectivity index (χ4n) is 0. The van der Waals surface area contributed by atoms with Gasteiger partial charge < -0.3 is 0 Å². The molecule has 0 bridgehead atoms. The van der Waals surface area contributed by atoms with Gasteiger partial charge in [-0.15, -0.1) is 0 Å². The Morgan fingerprint density at radius 1 is 1.33 bits per heavy atom. The van der Waals surface area contributed by atoms with Crippen molar-refractivity contribution in [1.82, 2.24) is 0 Å². The third-order valence-electron chi connectivity index (χ3n) is 0.384. The van der Waals surface area contributed by atoms with Gasteiger partial charge in [-0.2, -0.15) is 0 Å². The van der Waals surface area contributed by atoms with E-state index >= 15 is 0 Å². The molecule has 0 N–H and O–H groups in total. The van der Waals surface area contributed by atoms with Crippen molar-refractivity contribution in [1.29, 1.82) is 0 Å². The molecule has 0 saturated heterocycles. The van der Waals surface area contributed by atoms with E-state index < -0.39 is 0 Å². The fourth-order valence-corrected chi connectivity index (χ4v) is 0. The summed E-state index contributed by atoms with van der Waals surface area (Å²) in [6.45, 7) is 10.5. The zero-order valence-corrected chi connectivity index (χ0v) is 7.39. The van der Waals surface area contributed by atoms with Crippen LogP contribution in [-0.4, -0.2) is 0 Å². The summed E-state index contributed by atoms with van der Waals surface area (Å²) in [7, 11) is 0. The van der Waals surface area contributed by atoms with E-state index in [1.54, 1.807) is 6.92 Å². The molecular formula is C7H12Cl2. The van der Waals surface area contributed by atoms with Crippen LogP contribution in [0.5, 0.6) is 0 Å². The van der Waals surface area contributed by atoms with Gasteiger partial charge in [0.1, 0.15) is 0 Å². The van der Waals surface area contributed by atoms with Crippen molar-refractivity contribution in [3.63, 3.8) is 0 Å². The minimum atomic E-state index is 0.639. The minimum Gasteiger partial charge on any atom is -0.0901 e. The van der Waals surface area contributed by atoms with Crippen molar-refractivity contribution >= 4 is 23.2 Å². The lowest BCUT2D eigenvalue weighted by Crippen LogP contribution is -1.53. The second kappa shape index (κ2) is 8.06. The first kappa shape index (κ1) is 11.8. The van der Waals surface area contributed by atoms with Gasteiger partial charge in [0.05, 0.1) is 0 Å². The molecule has 0 aromatic rings. The van der Waals surface area contributed by atoms with Gasteiger partial charge in [-0.1, -0.05) is 43.3 Å². The Hall–Kier alpha value is 0.0600. The zero-order valence-electron chi connectivity index (χ0n) is 5.88. The molecule has 0 unspecified atom stereocenters. The third kappa shape index (κ3) is 69.8. The topological polar surface area (TPSA) is 0 Å². The molecule has 0 saturated carbocycles. The fraction of sp³-hybridized carbons (Fsp3) is 0.429. The van der Waals surface area contributed by atoms with Crippen LogP contribution in [-0.2, 0) is 0 Å². The molecule has 0 heterocycles. The summed E-state index contributed by atoms with van der Waals surface area (Å²) < 4.78 is 0. The van der Waals surface area contributed by atoms with E-state index in [9.17, 15) is 0 Å². The van der Waals surface area contributed by atoms with E-state index in [1.807, 2.05) is 6.92 Å². The van der Waals surface area contributed by atoms with Crippen molar-refractivity contribution in [2.24, 2.45) is 0 Å². The average molecular weight is 167 g/mol. The maximum atomic E-state index is 5.27. The van der Waals surface area contributed by atoms with Gasteiger partial charge in [-0.05, 0) is 13.3 Å². The minimum absolute atomic E-state index is 0.639. The molecule has 2 heteroatoms. The summed E-state index contributed by atoms with van der Waals surface area (Å²) in [5, 5.41) is 1.37. The molecular weight excluding hydrogens is 155 g/mol. The highest BCUT2D eigenvalue weighted by Gasteiger charge is 1.71. The lowest BCUT2D eigenvalue weighted by molar-refractivity contribution is 1.20. The van der Waals surface area contributed by atoms with Gasteiger partial charge in [-0.25, -0.2) is 0 Å². The number of rotatable bonds is 1. The van der Waals surface area contributed by atoms with Crippen molar-refractivity contribution in [3.8, 4) is 0 Å². The standard InChI is InChI=1S/C4H7Cl.C3H5Cl/c1-3-4(2)5;1-3(2)4/h2-3H2,1H3;1H2,2H3. The highest BCUT2D eigenvalue weighted by molar-refractivity contribution is 6.29. The molecule has 0 rings (SSSR count). The number of halogens is 2. The van der Waals surface area contributed by atoms with Crippen LogP contribution in [0, 0.1) is 0 Å². The Morgan fingerprint density at radius 3 is 1.44 bits per heavy atom. The Balaban J connectivity index is 0. The largest absolute Gasteiger partial charge is 0.0901 e. The highest BCUT2D eigenvalue weighted by atomic mass is 35.5. The first-order valence-corrected chi connectivity index (χ1v) is 3.40.